The maximum Gasteiger partial charge on any atom is 0.312 e. The molecule has 1 aromatic carbocycles. The van der Waals surface area contributed by atoms with Crippen molar-refractivity contribution in [2.75, 3.05) is 6.61 Å². The van der Waals surface area contributed by atoms with E-state index in [4.69, 9.17) is 21.3 Å². The summed E-state index contributed by atoms with van der Waals surface area (Å²) in [6.45, 7) is 5.80. The fourth-order valence-corrected chi connectivity index (χ4v) is 5.55. The zero-order chi connectivity index (χ0) is 21.0. The smallest absolute Gasteiger partial charge is 0.312 e. The number of ether oxygens (including phenoxy) is 1. The Kier molecular flexibility index (Phi) is 7.12. The second kappa shape index (κ2) is 9.40. The highest BCUT2D eigenvalue weighted by molar-refractivity contribution is 7.15. The predicted molar refractivity (Wildman–Crippen MR) is 117 cm³/mol. The molecule has 4 nitrogen and oxygen atoms in total. The zero-order valence-corrected chi connectivity index (χ0v) is 18.9. The highest BCUT2D eigenvalue weighted by Crippen LogP contribution is 2.51. The summed E-state index contributed by atoms with van der Waals surface area (Å²) in [6.07, 6.45) is 4.86. The summed E-state index contributed by atoms with van der Waals surface area (Å²) in [6, 6.07) is 7.60. The first-order valence-corrected chi connectivity index (χ1v) is 11.5. The van der Waals surface area contributed by atoms with E-state index in [0.29, 0.717) is 18.1 Å². The lowest BCUT2D eigenvalue weighted by Crippen LogP contribution is -2.41. The number of carbonyl (C=O) groups is 2. The van der Waals surface area contributed by atoms with Gasteiger partial charge in [-0.1, -0.05) is 43.0 Å². The summed E-state index contributed by atoms with van der Waals surface area (Å²) in [4.78, 5) is 31.4. The van der Waals surface area contributed by atoms with Gasteiger partial charge in [-0.2, -0.15) is 0 Å². The maximum atomic E-state index is 13.2. The van der Waals surface area contributed by atoms with E-state index in [2.05, 4.69) is 0 Å². The van der Waals surface area contributed by atoms with E-state index in [1.165, 1.54) is 0 Å². The summed E-state index contributed by atoms with van der Waals surface area (Å²) in [7, 11) is 0. The molecule has 1 heterocycles. The molecule has 1 saturated carbocycles. The van der Waals surface area contributed by atoms with E-state index in [1.807, 2.05) is 38.1 Å². The molecule has 1 fully saturated rings. The van der Waals surface area contributed by atoms with Crippen molar-refractivity contribution in [1.29, 1.82) is 0 Å². The van der Waals surface area contributed by atoms with Crippen molar-refractivity contribution in [2.24, 2.45) is 5.41 Å². The topological polar surface area (TPSA) is 56.3 Å². The van der Waals surface area contributed by atoms with Gasteiger partial charge in [-0.25, -0.2) is 4.98 Å². The van der Waals surface area contributed by atoms with Crippen LogP contribution in [0.25, 0.3) is 10.6 Å². The first-order chi connectivity index (χ1) is 13.9. The Morgan fingerprint density at radius 2 is 1.86 bits per heavy atom. The van der Waals surface area contributed by atoms with Crippen LogP contribution in [0.4, 0.5) is 0 Å². The van der Waals surface area contributed by atoms with E-state index in [1.54, 1.807) is 18.3 Å². The van der Waals surface area contributed by atoms with Crippen molar-refractivity contribution >= 4 is 34.7 Å². The summed E-state index contributed by atoms with van der Waals surface area (Å²) >= 11 is 7.62. The lowest BCUT2D eigenvalue weighted by Gasteiger charge is -2.40. The van der Waals surface area contributed by atoms with Gasteiger partial charge in [-0.3, -0.25) is 4.79 Å². The molecule has 1 unspecified atom stereocenters. The van der Waals surface area contributed by atoms with Crippen LogP contribution in [0.5, 0.6) is 0 Å². The third-order valence-corrected chi connectivity index (χ3v) is 7.13. The van der Waals surface area contributed by atoms with Gasteiger partial charge < -0.3 is 9.53 Å². The van der Waals surface area contributed by atoms with Crippen LogP contribution in [-0.4, -0.2) is 23.3 Å². The van der Waals surface area contributed by atoms with Crippen LogP contribution in [0.3, 0.4) is 0 Å². The minimum atomic E-state index is -0.671. The number of nitrogens with zero attached hydrogens (tertiary/aromatic N) is 1. The lowest BCUT2D eigenvalue weighted by molar-refractivity contribution is -0.160. The molecule has 0 N–H and O–H groups in total. The van der Waals surface area contributed by atoms with Gasteiger partial charge in [-0.15, -0.1) is 11.3 Å². The molecule has 2 aromatic rings. The van der Waals surface area contributed by atoms with E-state index < -0.39 is 5.41 Å². The monoisotopic (exact) mass is 433 g/mol. The quantitative estimate of drug-likeness (QED) is 0.477. The Morgan fingerprint density at radius 3 is 2.45 bits per heavy atom. The molecule has 1 aliphatic carbocycles. The molecule has 1 aromatic heterocycles. The van der Waals surface area contributed by atoms with Crippen LogP contribution in [0.1, 0.15) is 68.9 Å². The number of thiazole rings is 1. The minimum Gasteiger partial charge on any atom is -0.466 e. The summed E-state index contributed by atoms with van der Waals surface area (Å²) < 4.78 is 5.52. The Hall–Kier alpha value is -1.72. The van der Waals surface area contributed by atoms with Crippen LogP contribution < -0.4 is 0 Å². The lowest BCUT2D eigenvalue weighted by atomic mass is 9.63. The molecule has 0 aliphatic heterocycles. The third-order valence-electron chi connectivity index (χ3n) is 5.84. The molecular weight excluding hydrogens is 406 g/mol. The first-order valence-electron chi connectivity index (χ1n) is 10.3. The maximum absolute atomic E-state index is 13.2. The van der Waals surface area contributed by atoms with E-state index in [9.17, 15) is 9.59 Å². The predicted octanol–water partition coefficient (Wildman–Crippen LogP) is 6.35. The second-order valence-electron chi connectivity index (χ2n) is 7.86. The van der Waals surface area contributed by atoms with Gasteiger partial charge in [0.15, 0.2) is 0 Å². The minimum absolute atomic E-state index is 0.0738. The number of esters is 1. The highest BCUT2D eigenvalue weighted by Gasteiger charge is 2.49. The summed E-state index contributed by atoms with van der Waals surface area (Å²) in [5.74, 6) is -0.354. The summed E-state index contributed by atoms with van der Waals surface area (Å²) in [5.41, 5.74) is 1.19. The molecule has 0 amide bonds. The molecule has 0 radical (unpaired) electrons. The molecule has 1 aliphatic rings. The average molecular weight is 434 g/mol. The second-order valence-corrected chi connectivity index (χ2v) is 9.50. The first kappa shape index (κ1) is 22.0. The van der Waals surface area contributed by atoms with Gasteiger partial charge in [0.05, 0.1) is 17.7 Å². The van der Waals surface area contributed by atoms with Gasteiger partial charge in [-0.05, 0) is 45.7 Å². The number of halogens is 1. The van der Waals surface area contributed by atoms with Crippen LogP contribution >= 0.6 is 22.9 Å². The molecule has 6 heteroatoms. The van der Waals surface area contributed by atoms with E-state index >= 15 is 0 Å². The van der Waals surface area contributed by atoms with Crippen LogP contribution in [-0.2, 0) is 14.3 Å². The molecule has 156 valence electrons. The molecule has 0 bridgehead atoms. The number of carbonyl (C=O) groups excluding carboxylic acids is 2. The normalized spacial score (nSPS) is 17.0. The number of benzene rings is 1. The SMILES string of the molecule is CCOC(=O)C1(C(CC(C)=O)c2nc(-c3ccc(Cl)cc3)sc2C)CCCCC1. The fourth-order valence-electron chi connectivity index (χ4n) is 4.44. The van der Waals surface area contributed by atoms with Crippen molar-refractivity contribution in [3.8, 4) is 10.6 Å². The molecule has 0 spiro atoms. The van der Waals surface area contributed by atoms with E-state index in [0.717, 1.165) is 53.2 Å². The van der Waals surface area contributed by atoms with E-state index in [-0.39, 0.29) is 17.7 Å². The molecule has 3 rings (SSSR count). The Morgan fingerprint density at radius 1 is 1.21 bits per heavy atom. The Balaban J connectivity index is 2.07. The van der Waals surface area contributed by atoms with Gasteiger partial charge >= 0.3 is 5.97 Å². The zero-order valence-electron chi connectivity index (χ0n) is 17.3. The molecular formula is C23H28ClNO3S. The Labute approximate surface area is 181 Å². The number of aromatic nitrogens is 1. The van der Waals surface area contributed by atoms with Gasteiger partial charge in [0.25, 0.3) is 0 Å². The molecule has 0 saturated heterocycles. The summed E-state index contributed by atoms with van der Waals surface area (Å²) in [5, 5.41) is 1.57. The number of hydrogen-bond acceptors (Lipinski definition) is 5. The standard InChI is InChI=1S/C23H28ClNO3S/c1-4-28-22(27)23(12-6-5-7-13-23)19(14-15(2)26)20-16(3)29-21(25-20)17-8-10-18(24)11-9-17/h8-11,19H,4-7,12-14H2,1-3H3. The van der Waals surface area contributed by atoms with Crippen LogP contribution in [0.15, 0.2) is 24.3 Å². The van der Waals surface area contributed by atoms with Crippen LogP contribution in [0, 0.1) is 12.3 Å². The van der Waals surface area contributed by atoms with Gasteiger partial charge in [0.2, 0.25) is 0 Å². The highest BCUT2D eigenvalue weighted by atomic mass is 35.5. The van der Waals surface area contributed by atoms with Gasteiger partial charge in [0.1, 0.15) is 10.8 Å². The molecule has 29 heavy (non-hydrogen) atoms. The average Bonchev–Trinajstić information content (AvgIpc) is 3.08. The largest absolute Gasteiger partial charge is 0.466 e. The third kappa shape index (κ3) is 4.72. The molecule has 1 atom stereocenters. The van der Waals surface area contributed by atoms with Gasteiger partial charge in [0, 0.05) is 27.8 Å². The number of rotatable bonds is 7. The van der Waals surface area contributed by atoms with Crippen LogP contribution in [0.2, 0.25) is 5.02 Å². The fraction of sp³-hybridized carbons (Fsp3) is 0.522. The Bertz CT molecular complexity index is 869. The number of hydrogen-bond donors (Lipinski definition) is 0. The van der Waals surface area contributed by atoms with Crippen molar-refractivity contribution in [3.63, 3.8) is 0 Å². The van der Waals surface area contributed by atoms with Crippen molar-refractivity contribution < 1.29 is 14.3 Å². The number of ketones is 1. The number of Topliss-reactive ketones (excluding diaryl/α,β-unsaturated/α-hetero) is 1. The van der Waals surface area contributed by atoms with Crippen molar-refractivity contribution in [1.82, 2.24) is 4.98 Å². The van der Waals surface area contributed by atoms with Crippen molar-refractivity contribution in [3.05, 3.63) is 39.9 Å². The van der Waals surface area contributed by atoms with Crippen molar-refractivity contribution in [2.45, 2.75) is 65.2 Å². The number of aryl methyl sites for hydroxylation is 1.